The Hall–Kier alpha value is -1.88. The van der Waals surface area contributed by atoms with Crippen LogP contribution in [0.15, 0.2) is 30.3 Å². The second-order valence-corrected chi connectivity index (χ2v) is 5.90. The van der Waals surface area contributed by atoms with Crippen LogP contribution in [0.2, 0.25) is 0 Å². The normalized spacial score (nSPS) is 24.0. The van der Waals surface area contributed by atoms with Gasteiger partial charge in [-0.15, -0.1) is 0 Å². The van der Waals surface area contributed by atoms with Crippen LogP contribution in [0.1, 0.15) is 38.7 Å². The molecular formula is C18H24O5. The predicted molar refractivity (Wildman–Crippen MR) is 84.5 cm³/mol. The molecule has 0 bridgehead atoms. The zero-order chi connectivity index (χ0) is 16.7. The smallest absolute Gasteiger partial charge is 0.303 e. The number of ether oxygens (including phenoxy) is 3. The molecule has 0 aromatic heterocycles. The first-order valence-electron chi connectivity index (χ1n) is 8.02. The van der Waals surface area contributed by atoms with Gasteiger partial charge in [0.2, 0.25) is 0 Å². The maximum Gasteiger partial charge on any atom is 0.303 e. The van der Waals surface area contributed by atoms with Gasteiger partial charge in [-0.2, -0.15) is 0 Å². The Labute approximate surface area is 136 Å². The highest BCUT2D eigenvalue weighted by atomic mass is 16.6. The van der Waals surface area contributed by atoms with Gasteiger partial charge in [-0.25, -0.2) is 0 Å². The summed E-state index contributed by atoms with van der Waals surface area (Å²) in [6, 6.07) is 9.89. The Morgan fingerprint density at radius 1 is 1.09 bits per heavy atom. The van der Waals surface area contributed by atoms with Gasteiger partial charge in [0.1, 0.15) is 6.10 Å². The molecule has 5 nitrogen and oxygen atoms in total. The van der Waals surface area contributed by atoms with Gasteiger partial charge in [0.05, 0.1) is 19.3 Å². The molecule has 3 atom stereocenters. The minimum Gasteiger partial charge on any atom is -0.465 e. The number of esters is 2. The predicted octanol–water partition coefficient (Wildman–Crippen LogP) is 2.87. The Balaban J connectivity index is 1.99. The van der Waals surface area contributed by atoms with Crippen LogP contribution in [0.3, 0.4) is 0 Å². The maximum absolute atomic E-state index is 11.4. The zero-order valence-electron chi connectivity index (χ0n) is 13.7. The van der Waals surface area contributed by atoms with Gasteiger partial charge in [-0.1, -0.05) is 36.8 Å². The molecule has 1 aromatic rings. The van der Waals surface area contributed by atoms with Crippen molar-refractivity contribution in [1.29, 1.82) is 0 Å². The first-order valence-corrected chi connectivity index (χ1v) is 8.02. The van der Waals surface area contributed by atoms with E-state index in [-0.39, 0.29) is 36.7 Å². The number of benzene rings is 1. The van der Waals surface area contributed by atoms with Crippen molar-refractivity contribution in [2.45, 2.75) is 51.9 Å². The molecule has 0 amide bonds. The third-order valence-corrected chi connectivity index (χ3v) is 4.00. The van der Waals surface area contributed by atoms with Crippen LogP contribution >= 0.6 is 0 Å². The van der Waals surface area contributed by atoms with E-state index in [0.29, 0.717) is 6.61 Å². The molecule has 0 saturated heterocycles. The summed E-state index contributed by atoms with van der Waals surface area (Å²) in [4.78, 5) is 22.5. The summed E-state index contributed by atoms with van der Waals surface area (Å²) in [7, 11) is 0. The Morgan fingerprint density at radius 2 is 1.83 bits per heavy atom. The average Bonchev–Trinajstić information content (AvgIpc) is 2.53. The molecule has 0 radical (unpaired) electrons. The van der Waals surface area contributed by atoms with Crippen molar-refractivity contribution >= 4 is 11.9 Å². The first kappa shape index (κ1) is 17.5. The van der Waals surface area contributed by atoms with E-state index < -0.39 is 0 Å². The van der Waals surface area contributed by atoms with Gasteiger partial charge in [-0.05, 0) is 18.4 Å². The van der Waals surface area contributed by atoms with Gasteiger partial charge in [0, 0.05) is 19.8 Å². The Morgan fingerprint density at radius 3 is 2.48 bits per heavy atom. The van der Waals surface area contributed by atoms with Crippen LogP contribution < -0.4 is 0 Å². The molecular weight excluding hydrogens is 296 g/mol. The van der Waals surface area contributed by atoms with Crippen molar-refractivity contribution < 1.29 is 23.8 Å². The average molecular weight is 320 g/mol. The minimum atomic E-state index is -0.371. The zero-order valence-corrected chi connectivity index (χ0v) is 13.7. The van der Waals surface area contributed by atoms with Gasteiger partial charge < -0.3 is 14.2 Å². The van der Waals surface area contributed by atoms with Crippen molar-refractivity contribution in [3.05, 3.63) is 35.9 Å². The van der Waals surface area contributed by atoms with Crippen LogP contribution in [-0.2, 0) is 30.4 Å². The van der Waals surface area contributed by atoms with Crippen LogP contribution in [0.25, 0.3) is 0 Å². The van der Waals surface area contributed by atoms with Gasteiger partial charge in [-0.3, -0.25) is 9.59 Å². The lowest BCUT2D eigenvalue weighted by Gasteiger charge is -2.36. The van der Waals surface area contributed by atoms with Crippen molar-refractivity contribution in [1.82, 2.24) is 0 Å². The van der Waals surface area contributed by atoms with E-state index in [2.05, 4.69) is 0 Å². The monoisotopic (exact) mass is 320 g/mol. The number of hydrogen-bond donors (Lipinski definition) is 0. The topological polar surface area (TPSA) is 61.8 Å². The van der Waals surface area contributed by atoms with Crippen LogP contribution in [0, 0.1) is 5.92 Å². The highest BCUT2D eigenvalue weighted by Crippen LogP contribution is 2.30. The second-order valence-electron chi connectivity index (χ2n) is 5.90. The molecule has 1 fully saturated rings. The molecule has 0 N–H and O–H groups in total. The molecule has 1 unspecified atom stereocenters. The maximum atomic E-state index is 11.4. The molecule has 5 heteroatoms. The highest BCUT2D eigenvalue weighted by molar-refractivity contribution is 5.66. The molecule has 2 rings (SSSR count). The summed E-state index contributed by atoms with van der Waals surface area (Å²) in [5.41, 5.74) is 1.08. The molecule has 1 aromatic carbocycles. The molecule has 0 spiro atoms. The Bertz CT molecular complexity index is 513. The third kappa shape index (κ3) is 5.67. The van der Waals surface area contributed by atoms with E-state index in [4.69, 9.17) is 14.2 Å². The third-order valence-electron chi connectivity index (χ3n) is 4.00. The number of carbonyl (C=O) groups excluding carboxylic acids is 2. The lowest BCUT2D eigenvalue weighted by molar-refractivity contribution is -0.171. The van der Waals surface area contributed by atoms with Gasteiger partial charge >= 0.3 is 11.9 Å². The number of carbonyl (C=O) groups is 2. The van der Waals surface area contributed by atoms with E-state index in [0.717, 1.165) is 24.8 Å². The summed E-state index contributed by atoms with van der Waals surface area (Å²) in [6.45, 7) is 3.51. The molecule has 0 aliphatic heterocycles. The lowest BCUT2D eigenvalue weighted by atomic mass is 9.84. The SMILES string of the molecule is CC(=O)OCC1CCC[C@@H](OCc2ccccc2)[C@H]1OC(C)=O. The number of hydrogen-bond acceptors (Lipinski definition) is 5. The van der Waals surface area contributed by atoms with E-state index >= 15 is 0 Å². The van der Waals surface area contributed by atoms with E-state index in [1.54, 1.807) is 0 Å². The summed E-state index contributed by atoms with van der Waals surface area (Å²) in [5, 5.41) is 0. The van der Waals surface area contributed by atoms with Crippen molar-refractivity contribution in [3.63, 3.8) is 0 Å². The van der Waals surface area contributed by atoms with Crippen LogP contribution in [0.4, 0.5) is 0 Å². The second kappa shape index (κ2) is 8.67. The molecule has 1 aliphatic rings. The lowest BCUT2D eigenvalue weighted by Crippen LogP contribution is -2.44. The molecule has 1 aliphatic carbocycles. The summed E-state index contributed by atoms with van der Waals surface area (Å²) >= 11 is 0. The fourth-order valence-electron chi connectivity index (χ4n) is 2.94. The van der Waals surface area contributed by atoms with Crippen molar-refractivity contribution in [2.75, 3.05) is 6.61 Å². The molecule has 1 saturated carbocycles. The van der Waals surface area contributed by atoms with Crippen LogP contribution in [0.5, 0.6) is 0 Å². The standard InChI is InChI=1S/C18H24O5/c1-13(19)21-12-16-9-6-10-17(18(16)23-14(2)20)22-11-15-7-4-3-5-8-15/h3-5,7-8,16-18H,6,9-12H2,1-2H3/t16?,17-,18+/m1/s1. The summed E-state index contributed by atoms with van der Waals surface area (Å²) < 4.78 is 16.6. The van der Waals surface area contributed by atoms with E-state index in [9.17, 15) is 9.59 Å². The quantitative estimate of drug-likeness (QED) is 0.754. The highest BCUT2D eigenvalue weighted by Gasteiger charge is 2.37. The van der Waals surface area contributed by atoms with Gasteiger partial charge in [0.25, 0.3) is 0 Å². The summed E-state index contributed by atoms with van der Waals surface area (Å²) in [5.74, 6) is -0.672. The molecule has 126 valence electrons. The minimum absolute atomic E-state index is 0.0164. The van der Waals surface area contributed by atoms with Crippen LogP contribution in [-0.4, -0.2) is 30.8 Å². The fourth-order valence-corrected chi connectivity index (χ4v) is 2.94. The first-order chi connectivity index (χ1) is 11.1. The van der Waals surface area contributed by atoms with E-state index in [1.807, 2.05) is 30.3 Å². The summed E-state index contributed by atoms with van der Waals surface area (Å²) in [6.07, 6.45) is 2.11. The largest absolute Gasteiger partial charge is 0.465 e. The molecule has 23 heavy (non-hydrogen) atoms. The fraction of sp³-hybridized carbons (Fsp3) is 0.556. The van der Waals surface area contributed by atoms with Gasteiger partial charge in [0.15, 0.2) is 0 Å². The number of rotatable bonds is 6. The van der Waals surface area contributed by atoms with E-state index in [1.165, 1.54) is 13.8 Å². The Kier molecular flexibility index (Phi) is 6.59. The van der Waals surface area contributed by atoms with Crippen molar-refractivity contribution in [2.24, 2.45) is 5.92 Å². The molecule has 0 heterocycles. The van der Waals surface area contributed by atoms with Crippen molar-refractivity contribution in [3.8, 4) is 0 Å².